The van der Waals surface area contributed by atoms with E-state index in [4.69, 9.17) is 4.74 Å². The lowest BCUT2D eigenvalue weighted by Crippen LogP contribution is -2.39. The van der Waals surface area contributed by atoms with E-state index in [1.54, 1.807) is 7.11 Å². The summed E-state index contributed by atoms with van der Waals surface area (Å²) in [7, 11) is 7.65. The highest BCUT2D eigenvalue weighted by Crippen LogP contribution is 2.13. The first kappa shape index (κ1) is 21.3. The van der Waals surface area contributed by atoms with Gasteiger partial charge in [0.25, 0.3) is 0 Å². The molecule has 2 aromatic rings. The Bertz CT molecular complexity index is 669. The quantitative estimate of drug-likeness (QED) is 0.301. The molecule has 1 N–H and O–H groups in total. The molecular formula is C19H29IN4O. The lowest BCUT2D eigenvalue weighted by atomic mass is 10.1. The maximum Gasteiger partial charge on any atom is 0.193 e. The molecule has 5 nitrogen and oxygen atoms in total. The zero-order chi connectivity index (χ0) is 17.4. The molecule has 0 unspecified atom stereocenters. The molecule has 0 saturated heterocycles. The topological polar surface area (TPSA) is 41.8 Å². The van der Waals surface area contributed by atoms with Crippen molar-refractivity contribution < 1.29 is 4.74 Å². The van der Waals surface area contributed by atoms with Crippen LogP contribution in [0.2, 0.25) is 0 Å². The van der Waals surface area contributed by atoms with E-state index in [9.17, 15) is 0 Å². The van der Waals surface area contributed by atoms with Crippen LogP contribution in [0.4, 0.5) is 0 Å². The van der Waals surface area contributed by atoms with Crippen molar-refractivity contribution in [2.75, 3.05) is 27.7 Å². The van der Waals surface area contributed by atoms with Crippen LogP contribution in [-0.2, 0) is 20.0 Å². The van der Waals surface area contributed by atoms with Gasteiger partial charge < -0.3 is 19.5 Å². The molecule has 0 bridgehead atoms. The molecule has 1 aromatic heterocycles. The Morgan fingerprint density at radius 3 is 2.72 bits per heavy atom. The van der Waals surface area contributed by atoms with E-state index in [1.807, 2.05) is 19.2 Å². The molecule has 0 aliphatic heterocycles. The Balaban J connectivity index is 0.00000312. The number of benzene rings is 1. The molecule has 0 amide bonds. The molecule has 0 radical (unpaired) electrons. The number of hydrogen-bond acceptors (Lipinski definition) is 2. The van der Waals surface area contributed by atoms with Gasteiger partial charge in [-0.3, -0.25) is 4.99 Å². The highest BCUT2D eigenvalue weighted by atomic mass is 127. The highest BCUT2D eigenvalue weighted by molar-refractivity contribution is 14.0. The second-order valence-electron chi connectivity index (χ2n) is 5.90. The molecule has 0 aliphatic rings. The van der Waals surface area contributed by atoms with E-state index >= 15 is 0 Å². The zero-order valence-electron chi connectivity index (χ0n) is 15.5. The number of aryl methyl sites for hydroxylation is 2. The van der Waals surface area contributed by atoms with Crippen molar-refractivity contribution >= 4 is 29.9 Å². The number of methoxy groups -OCH3 is 1. The van der Waals surface area contributed by atoms with Gasteiger partial charge in [0.05, 0.1) is 13.7 Å². The van der Waals surface area contributed by atoms with Gasteiger partial charge in [0.2, 0.25) is 0 Å². The van der Waals surface area contributed by atoms with E-state index in [-0.39, 0.29) is 24.0 Å². The summed E-state index contributed by atoms with van der Waals surface area (Å²) in [5.74, 6) is 1.83. The highest BCUT2D eigenvalue weighted by Gasteiger charge is 2.07. The number of halogens is 1. The van der Waals surface area contributed by atoms with Crippen LogP contribution in [0.1, 0.15) is 17.7 Å². The fourth-order valence-corrected chi connectivity index (χ4v) is 2.68. The van der Waals surface area contributed by atoms with Crippen LogP contribution >= 0.6 is 24.0 Å². The number of hydrogen-bond donors (Lipinski definition) is 1. The fraction of sp³-hybridized carbons (Fsp3) is 0.421. The average molecular weight is 456 g/mol. The summed E-state index contributed by atoms with van der Waals surface area (Å²) in [6.07, 6.45) is 4.13. The molecule has 6 heteroatoms. The Labute approximate surface area is 168 Å². The standard InChI is InChI=1S/C19H28N4O.HI/c1-20-19(23(3)15-17-10-7-13-22(17)2)21-12-6-9-16-8-5-11-18(14-16)24-4;/h5,7-8,10-11,13-14H,6,9,12,15H2,1-4H3,(H,20,21);1H. The Morgan fingerprint density at radius 1 is 1.28 bits per heavy atom. The van der Waals surface area contributed by atoms with Crippen molar-refractivity contribution in [3.05, 3.63) is 53.9 Å². The molecule has 0 fully saturated rings. The van der Waals surface area contributed by atoms with Crippen molar-refractivity contribution in [3.8, 4) is 5.75 Å². The molecular weight excluding hydrogens is 427 g/mol. The van der Waals surface area contributed by atoms with E-state index in [1.165, 1.54) is 11.3 Å². The largest absolute Gasteiger partial charge is 0.497 e. The van der Waals surface area contributed by atoms with Crippen LogP contribution in [0.5, 0.6) is 5.75 Å². The van der Waals surface area contributed by atoms with E-state index in [0.29, 0.717) is 0 Å². The number of nitrogens with zero attached hydrogens (tertiary/aromatic N) is 3. The maximum atomic E-state index is 5.26. The van der Waals surface area contributed by atoms with E-state index in [0.717, 1.165) is 37.6 Å². The van der Waals surface area contributed by atoms with Crippen molar-refractivity contribution in [2.45, 2.75) is 19.4 Å². The summed E-state index contributed by atoms with van der Waals surface area (Å²) < 4.78 is 7.40. The van der Waals surface area contributed by atoms with Gasteiger partial charge in [-0.2, -0.15) is 0 Å². The molecule has 0 atom stereocenters. The number of ether oxygens (including phenoxy) is 1. The van der Waals surface area contributed by atoms with Crippen molar-refractivity contribution in [1.29, 1.82) is 0 Å². The van der Waals surface area contributed by atoms with Crippen molar-refractivity contribution in [1.82, 2.24) is 14.8 Å². The van der Waals surface area contributed by atoms with Gasteiger partial charge >= 0.3 is 0 Å². The van der Waals surface area contributed by atoms with Crippen molar-refractivity contribution in [3.63, 3.8) is 0 Å². The van der Waals surface area contributed by atoms with Gasteiger partial charge in [0, 0.05) is 39.6 Å². The lowest BCUT2D eigenvalue weighted by molar-refractivity contribution is 0.414. The van der Waals surface area contributed by atoms with Gasteiger partial charge in [0.1, 0.15) is 5.75 Å². The second-order valence-corrected chi connectivity index (χ2v) is 5.90. The summed E-state index contributed by atoms with van der Waals surface area (Å²) in [6.45, 7) is 1.72. The molecule has 1 heterocycles. The van der Waals surface area contributed by atoms with Gasteiger partial charge in [-0.25, -0.2) is 0 Å². The third-order valence-electron chi connectivity index (χ3n) is 4.08. The van der Waals surface area contributed by atoms with Crippen LogP contribution in [0.3, 0.4) is 0 Å². The zero-order valence-corrected chi connectivity index (χ0v) is 17.9. The summed E-state index contributed by atoms with van der Waals surface area (Å²) in [5, 5.41) is 3.44. The van der Waals surface area contributed by atoms with Crippen LogP contribution in [-0.4, -0.2) is 43.2 Å². The maximum absolute atomic E-state index is 5.26. The number of guanidine groups is 1. The minimum Gasteiger partial charge on any atom is -0.497 e. The number of aliphatic imine (C=N–C) groups is 1. The Kier molecular flexibility index (Phi) is 9.41. The number of aromatic nitrogens is 1. The molecule has 0 aliphatic carbocycles. The normalized spacial score (nSPS) is 11.0. The molecule has 1 aromatic carbocycles. The van der Waals surface area contributed by atoms with Crippen LogP contribution in [0.15, 0.2) is 47.6 Å². The molecule has 0 spiro atoms. The first-order valence-corrected chi connectivity index (χ1v) is 8.29. The van der Waals surface area contributed by atoms with Crippen LogP contribution in [0, 0.1) is 0 Å². The van der Waals surface area contributed by atoms with Crippen molar-refractivity contribution in [2.24, 2.45) is 12.0 Å². The van der Waals surface area contributed by atoms with E-state index in [2.05, 4.69) is 64.3 Å². The summed E-state index contributed by atoms with van der Waals surface area (Å²) in [5.41, 5.74) is 2.56. The van der Waals surface area contributed by atoms with Gasteiger partial charge in [0.15, 0.2) is 5.96 Å². The minimum atomic E-state index is 0. The summed E-state index contributed by atoms with van der Waals surface area (Å²) in [4.78, 5) is 6.51. The monoisotopic (exact) mass is 456 g/mol. The van der Waals surface area contributed by atoms with Gasteiger partial charge in [-0.05, 0) is 42.7 Å². The molecule has 138 valence electrons. The number of rotatable bonds is 7. The summed E-state index contributed by atoms with van der Waals surface area (Å²) in [6, 6.07) is 12.4. The predicted octanol–water partition coefficient (Wildman–Crippen LogP) is 3.29. The Hall–Kier alpha value is -1.70. The first-order chi connectivity index (χ1) is 11.6. The fourth-order valence-electron chi connectivity index (χ4n) is 2.68. The smallest absolute Gasteiger partial charge is 0.193 e. The lowest BCUT2D eigenvalue weighted by Gasteiger charge is -2.22. The third kappa shape index (κ3) is 6.61. The molecule has 2 rings (SSSR count). The summed E-state index contributed by atoms with van der Waals surface area (Å²) >= 11 is 0. The first-order valence-electron chi connectivity index (χ1n) is 8.29. The van der Waals surface area contributed by atoms with Crippen LogP contribution < -0.4 is 10.1 Å². The predicted molar refractivity (Wildman–Crippen MR) is 115 cm³/mol. The minimum absolute atomic E-state index is 0. The van der Waals surface area contributed by atoms with Crippen LogP contribution in [0.25, 0.3) is 0 Å². The van der Waals surface area contributed by atoms with E-state index < -0.39 is 0 Å². The van der Waals surface area contributed by atoms with Gasteiger partial charge in [-0.15, -0.1) is 24.0 Å². The second kappa shape index (κ2) is 11.0. The SMILES string of the molecule is CN=C(NCCCc1cccc(OC)c1)N(C)Cc1cccn1C.I. The molecule has 25 heavy (non-hydrogen) atoms. The van der Waals surface area contributed by atoms with Gasteiger partial charge in [-0.1, -0.05) is 12.1 Å². The average Bonchev–Trinajstić information content (AvgIpc) is 3.00. The molecule has 0 saturated carbocycles. The third-order valence-corrected chi connectivity index (χ3v) is 4.08. The Morgan fingerprint density at radius 2 is 2.08 bits per heavy atom. The number of nitrogens with one attached hydrogen (secondary N) is 1.